The van der Waals surface area contributed by atoms with Crippen molar-refractivity contribution in [2.75, 3.05) is 16.9 Å². The average molecular weight is 544 g/mol. The number of hydrogen-bond donors (Lipinski definition) is 1. The normalized spacial score (nSPS) is 17.4. The number of fused-ring (bicyclic) bond motifs is 1. The van der Waals surface area contributed by atoms with Gasteiger partial charge in [0.2, 0.25) is 5.91 Å². The highest BCUT2D eigenvalue weighted by Crippen LogP contribution is 2.44. The van der Waals surface area contributed by atoms with Gasteiger partial charge in [-0.25, -0.2) is 19.5 Å². The van der Waals surface area contributed by atoms with E-state index in [1.807, 2.05) is 0 Å². The highest BCUT2D eigenvalue weighted by Gasteiger charge is 2.46. The second-order valence-electron chi connectivity index (χ2n) is 8.01. The largest absolute Gasteiger partial charge is 0.586 e. The molecule has 0 bridgehead atoms. The van der Waals surface area contributed by atoms with E-state index in [1.165, 1.54) is 47.7 Å². The third kappa shape index (κ3) is 4.28. The molecule has 2 aromatic carbocycles. The van der Waals surface area contributed by atoms with E-state index in [0.29, 0.717) is 0 Å². The van der Waals surface area contributed by atoms with Crippen molar-refractivity contribution in [3.8, 4) is 11.5 Å². The minimum absolute atomic E-state index is 0.0117. The predicted molar refractivity (Wildman–Crippen MR) is 129 cm³/mol. The molecule has 1 saturated heterocycles. The van der Waals surface area contributed by atoms with Gasteiger partial charge in [0.15, 0.2) is 22.3 Å². The molecule has 3 aromatic rings. The highest BCUT2D eigenvalue weighted by atomic mass is 32.1. The summed E-state index contributed by atoms with van der Waals surface area (Å²) < 4.78 is 40.4. The van der Waals surface area contributed by atoms with Gasteiger partial charge < -0.3 is 19.5 Å². The molecule has 0 aliphatic carbocycles. The summed E-state index contributed by atoms with van der Waals surface area (Å²) in [4.78, 5) is 57.7. The summed E-state index contributed by atoms with van der Waals surface area (Å²) in [6.45, 7) is 1.62. The zero-order valence-electron chi connectivity index (χ0n) is 19.8. The number of ether oxygens (including phenoxy) is 3. The number of rotatable bonds is 6. The smallest absolute Gasteiger partial charge is 0.464 e. The Hall–Kier alpha value is -4.59. The van der Waals surface area contributed by atoms with Gasteiger partial charge in [-0.2, -0.15) is 0 Å². The van der Waals surface area contributed by atoms with Gasteiger partial charge in [-0.1, -0.05) is 25.1 Å². The number of methoxy groups -OCH3 is 1. The number of para-hydroxylation sites is 2. The molecule has 1 aromatic heterocycles. The Balaban J connectivity index is 1.51. The molecule has 0 unspecified atom stereocenters. The monoisotopic (exact) mass is 544 g/mol. The molecule has 2 aliphatic rings. The molecule has 0 radical (unpaired) electrons. The number of carbonyl (C=O) groups is 4. The number of imide groups is 1. The molecule has 0 saturated carbocycles. The number of nitrogens with one attached hydrogen (secondary N) is 1. The van der Waals surface area contributed by atoms with Crippen LogP contribution < -0.4 is 24.6 Å². The van der Waals surface area contributed by atoms with Crippen LogP contribution in [0.4, 0.5) is 30.1 Å². The molecule has 0 spiro atoms. The number of hydrogen-bond acceptors (Lipinski definition) is 9. The number of aromatic nitrogens is 1. The molecule has 196 valence electrons. The van der Waals surface area contributed by atoms with E-state index >= 15 is 0 Å². The van der Waals surface area contributed by atoms with Crippen LogP contribution in [0.15, 0.2) is 47.8 Å². The van der Waals surface area contributed by atoms with Gasteiger partial charge in [0.25, 0.3) is 5.91 Å². The number of esters is 1. The first-order chi connectivity index (χ1) is 18.1. The molecule has 2 aliphatic heterocycles. The zero-order valence-corrected chi connectivity index (χ0v) is 20.6. The first kappa shape index (κ1) is 25.1. The van der Waals surface area contributed by atoms with Crippen LogP contribution in [0, 0.1) is 0 Å². The maximum Gasteiger partial charge on any atom is 0.586 e. The summed E-state index contributed by atoms with van der Waals surface area (Å²) in [7, 11) is 1.20. The van der Waals surface area contributed by atoms with Crippen molar-refractivity contribution < 1.29 is 42.2 Å². The topological polar surface area (TPSA) is 127 Å². The number of halogens is 2. The second kappa shape index (κ2) is 9.37. The summed E-state index contributed by atoms with van der Waals surface area (Å²) in [5.41, 5.74) is 0.413. The molecule has 3 heterocycles. The van der Waals surface area contributed by atoms with Gasteiger partial charge in [-0.15, -0.1) is 20.1 Å². The SMILES string of the molecule is CCC(=O)N(c1nc(C(=O)OC)cs1)c1ccccc1N1C(=O)N[C@@H](c2ccc3c(c2)OC(F)(F)O3)C1=O. The van der Waals surface area contributed by atoms with Crippen molar-refractivity contribution in [3.63, 3.8) is 0 Å². The number of anilines is 3. The lowest BCUT2D eigenvalue weighted by atomic mass is 10.1. The van der Waals surface area contributed by atoms with Gasteiger partial charge in [0.05, 0.1) is 18.5 Å². The van der Waals surface area contributed by atoms with E-state index in [-0.39, 0.29) is 45.7 Å². The Morgan fingerprint density at radius 3 is 2.66 bits per heavy atom. The Morgan fingerprint density at radius 1 is 1.18 bits per heavy atom. The summed E-state index contributed by atoms with van der Waals surface area (Å²) in [5.74, 6) is -2.31. The maximum absolute atomic E-state index is 13.5. The molecule has 4 amide bonds. The van der Waals surface area contributed by atoms with E-state index in [0.717, 1.165) is 16.2 Å². The van der Waals surface area contributed by atoms with Crippen LogP contribution in [0.25, 0.3) is 0 Å². The zero-order chi connectivity index (χ0) is 27.2. The minimum Gasteiger partial charge on any atom is -0.464 e. The number of nitrogens with zero attached hydrogens (tertiary/aromatic N) is 3. The lowest BCUT2D eigenvalue weighted by Crippen LogP contribution is -2.34. The fourth-order valence-corrected chi connectivity index (χ4v) is 4.81. The van der Waals surface area contributed by atoms with E-state index in [4.69, 9.17) is 0 Å². The second-order valence-corrected chi connectivity index (χ2v) is 8.84. The van der Waals surface area contributed by atoms with E-state index in [9.17, 15) is 28.0 Å². The van der Waals surface area contributed by atoms with Crippen molar-refractivity contribution in [3.05, 3.63) is 59.1 Å². The number of alkyl halides is 2. The average Bonchev–Trinajstić information content (AvgIpc) is 3.58. The fourth-order valence-electron chi connectivity index (χ4n) is 3.99. The summed E-state index contributed by atoms with van der Waals surface area (Å²) >= 11 is 1.00. The quantitative estimate of drug-likeness (QED) is 0.363. The molecule has 5 rings (SSSR count). The van der Waals surface area contributed by atoms with Crippen LogP contribution in [0.1, 0.15) is 35.4 Å². The van der Waals surface area contributed by atoms with Crippen LogP contribution in [0.5, 0.6) is 11.5 Å². The Bertz CT molecular complexity index is 1480. The molecule has 11 nitrogen and oxygen atoms in total. The molecule has 14 heteroatoms. The number of carbonyl (C=O) groups excluding carboxylic acids is 4. The first-order valence-corrected chi connectivity index (χ1v) is 12.0. The molecule has 1 atom stereocenters. The minimum atomic E-state index is -3.84. The van der Waals surface area contributed by atoms with Crippen molar-refractivity contribution >= 4 is 51.7 Å². The number of urea groups is 1. The first-order valence-electron chi connectivity index (χ1n) is 11.1. The molecule has 1 N–H and O–H groups in total. The maximum atomic E-state index is 13.5. The highest BCUT2D eigenvalue weighted by molar-refractivity contribution is 7.14. The predicted octanol–water partition coefficient (Wildman–Crippen LogP) is 4.12. The van der Waals surface area contributed by atoms with Gasteiger partial charge in [0.1, 0.15) is 6.04 Å². The van der Waals surface area contributed by atoms with Crippen LogP contribution in [-0.4, -0.2) is 42.2 Å². The lowest BCUT2D eigenvalue weighted by Gasteiger charge is -2.25. The van der Waals surface area contributed by atoms with Gasteiger partial charge in [-0.3, -0.25) is 14.5 Å². The van der Waals surface area contributed by atoms with Gasteiger partial charge >= 0.3 is 18.3 Å². The van der Waals surface area contributed by atoms with E-state index < -0.39 is 36.2 Å². The van der Waals surface area contributed by atoms with Crippen molar-refractivity contribution in [2.24, 2.45) is 0 Å². The molecule has 38 heavy (non-hydrogen) atoms. The van der Waals surface area contributed by atoms with E-state index in [2.05, 4.69) is 24.5 Å². The Morgan fingerprint density at radius 2 is 1.92 bits per heavy atom. The van der Waals surface area contributed by atoms with Crippen molar-refractivity contribution in [1.82, 2.24) is 10.3 Å². The van der Waals surface area contributed by atoms with Crippen LogP contribution in [0.2, 0.25) is 0 Å². The van der Waals surface area contributed by atoms with Gasteiger partial charge in [0, 0.05) is 11.8 Å². The van der Waals surface area contributed by atoms with Gasteiger partial charge in [-0.05, 0) is 29.8 Å². The van der Waals surface area contributed by atoms with Crippen LogP contribution in [0.3, 0.4) is 0 Å². The van der Waals surface area contributed by atoms with Crippen molar-refractivity contribution in [2.45, 2.75) is 25.7 Å². The Labute approximate surface area is 217 Å². The summed E-state index contributed by atoms with van der Waals surface area (Å²) in [5, 5.41) is 4.08. The summed E-state index contributed by atoms with van der Waals surface area (Å²) in [6, 6.07) is 7.92. The lowest BCUT2D eigenvalue weighted by molar-refractivity contribution is -0.286. The van der Waals surface area contributed by atoms with Crippen LogP contribution >= 0.6 is 11.3 Å². The number of thiazole rings is 1. The molecular formula is C24H18F2N4O7S. The van der Waals surface area contributed by atoms with Crippen molar-refractivity contribution in [1.29, 1.82) is 0 Å². The van der Waals surface area contributed by atoms with Crippen LogP contribution in [-0.2, 0) is 14.3 Å². The van der Waals surface area contributed by atoms with E-state index in [1.54, 1.807) is 19.1 Å². The third-order valence-electron chi connectivity index (χ3n) is 5.69. The third-order valence-corrected chi connectivity index (χ3v) is 6.52. The molecule has 1 fully saturated rings. The summed E-state index contributed by atoms with van der Waals surface area (Å²) in [6.07, 6.45) is -3.79. The number of amides is 4. The molecular weight excluding hydrogens is 526 g/mol. The number of benzene rings is 2. The fraction of sp³-hybridized carbons (Fsp3) is 0.208. The standard InChI is InChI=1S/C24H18F2N4O7S/c1-3-18(31)29(23-27-13(11-38-23)21(33)35-2)14-6-4-5-7-15(14)30-20(32)19(28-22(30)34)12-8-9-16-17(10-12)37-24(25,26)36-16/h4-11,19H,3H2,1-2H3,(H,28,34)/t19-/m0/s1. The Kier molecular flexibility index (Phi) is 6.18.